The summed E-state index contributed by atoms with van der Waals surface area (Å²) in [7, 11) is 0. The topological polar surface area (TPSA) is 62.4 Å². The van der Waals surface area contributed by atoms with E-state index in [2.05, 4.69) is 4.98 Å². The summed E-state index contributed by atoms with van der Waals surface area (Å²) in [5.41, 5.74) is 8.56. The fraction of sp³-hybridized carbons (Fsp3) is 0.250. The molecule has 2 rings (SSSR count). The molecule has 3 N–H and O–H groups in total. The van der Waals surface area contributed by atoms with Crippen LogP contribution in [0, 0.1) is 6.92 Å². The second-order valence-corrected chi connectivity index (χ2v) is 5.26. The Kier molecular flexibility index (Phi) is 5.25. The van der Waals surface area contributed by atoms with E-state index >= 15 is 0 Å². The molecule has 110 valence electrons. The first-order valence-electron chi connectivity index (χ1n) is 6.79. The molecule has 0 saturated carbocycles. The van der Waals surface area contributed by atoms with Crippen LogP contribution < -0.4 is 10.6 Å². The van der Waals surface area contributed by atoms with Gasteiger partial charge in [-0.15, -0.1) is 0 Å². The molecule has 0 saturated heterocycles. The third-order valence-electron chi connectivity index (χ3n) is 3.17. The van der Waals surface area contributed by atoms with Gasteiger partial charge in [-0.05, 0) is 24.6 Å². The predicted octanol–water partition coefficient (Wildman–Crippen LogP) is 2.02. The zero-order valence-corrected chi connectivity index (χ0v) is 12.8. The summed E-state index contributed by atoms with van der Waals surface area (Å²) in [6.07, 6.45) is 0. The van der Waals surface area contributed by atoms with E-state index < -0.39 is 0 Å². The van der Waals surface area contributed by atoms with E-state index in [4.69, 9.17) is 18.0 Å². The Morgan fingerprint density at radius 1 is 1.24 bits per heavy atom. The predicted molar refractivity (Wildman–Crippen MR) is 89.4 cm³/mol. The van der Waals surface area contributed by atoms with Crippen molar-refractivity contribution < 1.29 is 5.11 Å². The van der Waals surface area contributed by atoms with Gasteiger partial charge in [-0.1, -0.05) is 42.5 Å². The molecule has 21 heavy (non-hydrogen) atoms. The van der Waals surface area contributed by atoms with Gasteiger partial charge in [0.25, 0.3) is 0 Å². The molecule has 0 spiro atoms. The molecule has 0 amide bonds. The van der Waals surface area contributed by atoms with E-state index in [1.54, 1.807) is 0 Å². The number of aromatic nitrogens is 1. The summed E-state index contributed by atoms with van der Waals surface area (Å²) >= 11 is 5.11. The average molecular weight is 301 g/mol. The van der Waals surface area contributed by atoms with Crippen molar-refractivity contribution in [2.24, 2.45) is 5.73 Å². The van der Waals surface area contributed by atoms with Crippen LogP contribution in [0.1, 0.15) is 16.8 Å². The minimum absolute atomic E-state index is 0.0409. The number of benzene rings is 1. The first-order valence-corrected chi connectivity index (χ1v) is 7.20. The zero-order valence-electron chi connectivity index (χ0n) is 12.0. The summed E-state index contributed by atoms with van der Waals surface area (Å²) in [6.45, 7) is 3.08. The number of hydrogen-bond acceptors (Lipinski definition) is 4. The third kappa shape index (κ3) is 4.00. The van der Waals surface area contributed by atoms with Crippen molar-refractivity contribution in [3.63, 3.8) is 0 Å². The normalized spacial score (nSPS) is 10.4. The second kappa shape index (κ2) is 7.15. The number of rotatable bonds is 6. The van der Waals surface area contributed by atoms with Gasteiger partial charge in [0.05, 0.1) is 12.2 Å². The van der Waals surface area contributed by atoms with E-state index in [9.17, 15) is 5.11 Å². The molecule has 0 unspecified atom stereocenters. The summed E-state index contributed by atoms with van der Waals surface area (Å²) < 4.78 is 0. The van der Waals surface area contributed by atoms with Gasteiger partial charge in [0.1, 0.15) is 10.8 Å². The number of aliphatic hydroxyl groups excluding tert-OH is 1. The number of nitrogens with two attached hydrogens (primary N) is 1. The maximum atomic E-state index is 9.34. The third-order valence-corrected chi connectivity index (χ3v) is 3.39. The lowest BCUT2D eigenvalue weighted by molar-refractivity contribution is 0.301. The lowest BCUT2D eigenvalue weighted by Gasteiger charge is -2.25. The summed E-state index contributed by atoms with van der Waals surface area (Å²) in [5.74, 6) is 0.723. The van der Waals surface area contributed by atoms with Crippen molar-refractivity contribution in [2.45, 2.75) is 13.5 Å². The fourth-order valence-corrected chi connectivity index (χ4v) is 2.32. The van der Waals surface area contributed by atoms with Crippen LogP contribution in [0.2, 0.25) is 0 Å². The molecule has 0 atom stereocenters. The van der Waals surface area contributed by atoms with E-state index in [-0.39, 0.29) is 6.61 Å². The highest BCUT2D eigenvalue weighted by atomic mass is 32.1. The van der Waals surface area contributed by atoms with E-state index in [0.717, 1.165) is 22.6 Å². The standard InChI is InChI=1S/C16H19N3OS/c1-12-7-8-14(15(17)21)16(18-12)19(9-10-20)11-13-5-3-2-4-6-13/h2-8,20H,9-11H2,1H3,(H2,17,21). The summed E-state index contributed by atoms with van der Waals surface area (Å²) in [5, 5.41) is 9.34. The van der Waals surface area contributed by atoms with Crippen LogP contribution in [0.25, 0.3) is 0 Å². The van der Waals surface area contributed by atoms with Crippen molar-refractivity contribution in [3.8, 4) is 0 Å². The zero-order chi connectivity index (χ0) is 15.2. The van der Waals surface area contributed by atoms with Crippen LogP contribution in [-0.2, 0) is 6.54 Å². The van der Waals surface area contributed by atoms with Gasteiger partial charge in [0.2, 0.25) is 0 Å². The Balaban J connectivity index is 2.37. The molecule has 0 aliphatic carbocycles. The smallest absolute Gasteiger partial charge is 0.139 e. The Morgan fingerprint density at radius 3 is 2.57 bits per heavy atom. The molecule has 5 heteroatoms. The van der Waals surface area contributed by atoms with Crippen LogP contribution in [0.15, 0.2) is 42.5 Å². The highest BCUT2D eigenvalue weighted by Gasteiger charge is 2.15. The van der Waals surface area contributed by atoms with Crippen LogP contribution in [0.4, 0.5) is 5.82 Å². The van der Waals surface area contributed by atoms with Crippen LogP contribution >= 0.6 is 12.2 Å². The molecule has 0 radical (unpaired) electrons. The number of nitrogens with zero attached hydrogens (tertiary/aromatic N) is 2. The molecule has 1 aromatic heterocycles. The monoisotopic (exact) mass is 301 g/mol. The molecule has 1 aromatic carbocycles. The molecular formula is C16H19N3OS. The SMILES string of the molecule is Cc1ccc(C(N)=S)c(N(CCO)Cc2ccccc2)n1. The lowest BCUT2D eigenvalue weighted by atomic mass is 10.1. The van der Waals surface area contributed by atoms with Crippen molar-refractivity contribution in [1.82, 2.24) is 4.98 Å². The van der Waals surface area contributed by atoms with E-state index in [0.29, 0.717) is 18.1 Å². The van der Waals surface area contributed by atoms with E-state index in [1.165, 1.54) is 0 Å². The van der Waals surface area contributed by atoms with Crippen LogP contribution in [0.3, 0.4) is 0 Å². The summed E-state index contributed by atoms with van der Waals surface area (Å²) in [4.78, 5) is 6.87. The van der Waals surface area contributed by atoms with Crippen molar-refractivity contribution in [2.75, 3.05) is 18.1 Å². The molecule has 0 aliphatic rings. The molecule has 0 aliphatic heterocycles. The molecule has 4 nitrogen and oxygen atoms in total. The van der Waals surface area contributed by atoms with Crippen molar-refractivity contribution in [1.29, 1.82) is 0 Å². The summed E-state index contributed by atoms with van der Waals surface area (Å²) in [6, 6.07) is 13.8. The average Bonchev–Trinajstić information content (AvgIpc) is 2.47. The van der Waals surface area contributed by atoms with Gasteiger partial charge < -0.3 is 15.7 Å². The molecule has 1 heterocycles. The number of pyridine rings is 1. The highest BCUT2D eigenvalue weighted by Crippen LogP contribution is 2.20. The van der Waals surface area contributed by atoms with Gasteiger partial charge in [-0.2, -0.15) is 0 Å². The van der Waals surface area contributed by atoms with E-state index in [1.807, 2.05) is 54.3 Å². The van der Waals surface area contributed by atoms with Crippen LogP contribution in [-0.4, -0.2) is 28.2 Å². The first kappa shape index (κ1) is 15.4. The molecule has 0 fully saturated rings. The Labute approximate surface area is 130 Å². The number of aryl methyl sites for hydroxylation is 1. The quantitative estimate of drug-likeness (QED) is 0.799. The van der Waals surface area contributed by atoms with Gasteiger partial charge in [-0.3, -0.25) is 0 Å². The number of aliphatic hydroxyl groups is 1. The van der Waals surface area contributed by atoms with Gasteiger partial charge in [0, 0.05) is 18.8 Å². The Hall–Kier alpha value is -1.98. The number of anilines is 1. The van der Waals surface area contributed by atoms with Crippen LogP contribution in [0.5, 0.6) is 0 Å². The first-order chi connectivity index (χ1) is 10.1. The Bertz CT molecular complexity index is 616. The largest absolute Gasteiger partial charge is 0.395 e. The number of thiocarbonyl (C=S) groups is 1. The molecule has 0 bridgehead atoms. The van der Waals surface area contributed by atoms with Gasteiger partial charge in [-0.25, -0.2) is 4.98 Å². The lowest BCUT2D eigenvalue weighted by Crippen LogP contribution is -2.29. The maximum absolute atomic E-state index is 9.34. The second-order valence-electron chi connectivity index (χ2n) is 4.82. The highest BCUT2D eigenvalue weighted by molar-refractivity contribution is 7.80. The molecular weight excluding hydrogens is 282 g/mol. The molecule has 2 aromatic rings. The number of hydrogen-bond donors (Lipinski definition) is 2. The van der Waals surface area contributed by atoms with Crippen molar-refractivity contribution >= 4 is 23.0 Å². The fourth-order valence-electron chi connectivity index (χ4n) is 2.16. The Morgan fingerprint density at radius 2 is 1.95 bits per heavy atom. The minimum atomic E-state index is 0.0409. The van der Waals surface area contributed by atoms with Gasteiger partial charge in [0.15, 0.2) is 0 Å². The van der Waals surface area contributed by atoms with Gasteiger partial charge >= 0.3 is 0 Å². The minimum Gasteiger partial charge on any atom is -0.395 e. The van der Waals surface area contributed by atoms with Crippen molar-refractivity contribution in [3.05, 3.63) is 59.3 Å². The maximum Gasteiger partial charge on any atom is 0.139 e.